The third-order valence-corrected chi connectivity index (χ3v) is 2.44. The molecule has 0 aliphatic carbocycles. The second kappa shape index (κ2) is 2.94. The number of aldehydes is 1. The van der Waals surface area contributed by atoms with E-state index in [0.29, 0.717) is 17.4 Å². The van der Waals surface area contributed by atoms with E-state index in [0.717, 1.165) is 4.57 Å². The Morgan fingerprint density at radius 3 is 2.53 bits per heavy atom. The van der Waals surface area contributed by atoms with E-state index in [1.165, 1.54) is 24.9 Å². The summed E-state index contributed by atoms with van der Waals surface area (Å²) in [7, 11) is 2.91. The molecule has 0 atom stereocenters. The number of aromatic amines is 1. The van der Waals surface area contributed by atoms with E-state index in [1.807, 2.05) is 0 Å². The summed E-state index contributed by atoms with van der Waals surface area (Å²) in [5.41, 5.74) is 0.0403. The molecule has 0 aliphatic rings. The summed E-state index contributed by atoms with van der Waals surface area (Å²) in [6.07, 6.45) is 2.02. The number of hydrogen-bond donors (Lipinski definition) is 1. The summed E-state index contributed by atoms with van der Waals surface area (Å²) >= 11 is 0. The van der Waals surface area contributed by atoms with Gasteiger partial charge in [0.05, 0.1) is 11.1 Å². The Balaban J connectivity index is 3.18. The fourth-order valence-electron chi connectivity index (χ4n) is 1.62. The second-order valence-corrected chi connectivity index (χ2v) is 3.29. The molecule has 0 saturated heterocycles. The van der Waals surface area contributed by atoms with Crippen LogP contribution in [0.2, 0.25) is 0 Å². The number of fused-ring (bicyclic) bond motifs is 1. The minimum Gasteiger partial charge on any atom is -0.355 e. The molecular weight excluding hydrogens is 198 g/mol. The van der Waals surface area contributed by atoms with Gasteiger partial charge in [-0.1, -0.05) is 0 Å². The molecule has 0 spiro atoms. The summed E-state index contributed by atoms with van der Waals surface area (Å²) < 4.78 is 2.27. The highest BCUT2D eigenvalue weighted by Gasteiger charge is 2.12. The highest BCUT2D eigenvalue weighted by Crippen LogP contribution is 2.09. The second-order valence-electron chi connectivity index (χ2n) is 3.29. The van der Waals surface area contributed by atoms with E-state index in [-0.39, 0.29) is 5.52 Å². The fourth-order valence-corrected chi connectivity index (χ4v) is 1.62. The Hall–Kier alpha value is -2.11. The molecule has 2 aromatic heterocycles. The number of nitrogens with zero attached hydrogens (tertiary/aromatic N) is 2. The van der Waals surface area contributed by atoms with Crippen molar-refractivity contribution in [1.82, 2.24) is 14.1 Å². The number of H-pyrrole nitrogens is 1. The lowest BCUT2D eigenvalue weighted by atomic mass is 10.3. The first-order chi connectivity index (χ1) is 7.07. The Morgan fingerprint density at radius 1 is 1.27 bits per heavy atom. The molecule has 2 aromatic rings. The Labute approximate surface area is 83.8 Å². The molecule has 0 saturated carbocycles. The van der Waals surface area contributed by atoms with Crippen LogP contribution in [-0.2, 0) is 14.1 Å². The predicted molar refractivity (Wildman–Crippen MR) is 54.2 cm³/mol. The van der Waals surface area contributed by atoms with Crippen molar-refractivity contribution in [3.63, 3.8) is 0 Å². The molecule has 0 bridgehead atoms. The number of carbonyl (C=O) groups is 1. The van der Waals surface area contributed by atoms with Gasteiger partial charge in [-0.3, -0.25) is 18.7 Å². The van der Waals surface area contributed by atoms with Crippen LogP contribution < -0.4 is 11.2 Å². The molecule has 0 aliphatic heterocycles. The van der Waals surface area contributed by atoms with Gasteiger partial charge in [-0.15, -0.1) is 0 Å². The highest BCUT2D eigenvalue weighted by molar-refractivity contribution is 5.94. The van der Waals surface area contributed by atoms with Crippen molar-refractivity contribution in [1.29, 1.82) is 0 Å². The summed E-state index contributed by atoms with van der Waals surface area (Å²) in [6, 6.07) is 0. The van der Waals surface area contributed by atoms with Gasteiger partial charge in [0.1, 0.15) is 5.52 Å². The SMILES string of the molecule is Cn1c(=O)c2[nH]cc(C=O)c2n(C)c1=O. The van der Waals surface area contributed by atoms with Crippen molar-refractivity contribution in [3.8, 4) is 0 Å². The van der Waals surface area contributed by atoms with E-state index in [9.17, 15) is 14.4 Å². The lowest BCUT2D eigenvalue weighted by molar-refractivity contribution is 0.112. The molecule has 0 fully saturated rings. The van der Waals surface area contributed by atoms with Crippen molar-refractivity contribution in [2.75, 3.05) is 0 Å². The number of nitrogens with one attached hydrogen (secondary N) is 1. The first kappa shape index (κ1) is 9.45. The standard InChI is InChI=1S/C9H9N3O3/c1-11-7-5(4-13)3-10-6(7)8(14)12(2)9(11)15/h3-4,10H,1-2H3. The van der Waals surface area contributed by atoms with Crippen LogP contribution >= 0.6 is 0 Å². The zero-order chi connectivity index (χ0) is 11.2. The third-order valence-electron chi connectivity index (χ3n) is 2.44. The van der Waals surface area contributed by atoms with Gasteiger partial charge in [0.2, 0.25) is 0 Å². The maximum absolute atomic E-state index is 11.6. The van der Waals surface area contributed by atoms with Crippen LogP contribution in [0.5, 0.6) is 0 Å². The highest BCUT2D eigenvalue weighted by atomic mass is 16.2. The average molecular weight is 207 g/mol. The van der Waals surface area contributed by atoms with E-state index >= 15 is 0 Å². The molecule has 1 N–H and O–H groups in total. The van der Waals surface area contributed by atoms with Gasteiger partial charge in [0, 0.05) is 20.3 Å². The maximum atomic E-state index is 11.6. The molecule has 15 heavy (non-hydrogen) atoms. The van der Waals surface area contributed by atoms with Crippen molar-refractivity contribution in [3.05, 3.63) is 32.6 Å². The van der Waals surface area contributed by atoms with Crippen LogP contribution in [0.1, 0.15) is 10.4 Å². The molecule has 6 heteroatoms. The summed E-state index contributed by atoms with van der Waals surface area (Å²) in [5.74, 6) is 0. The van der Waals surface area contributed by atoms with Crippen molar-refractivity contribution in [2.24, 2.45) is 14.1 Å². The van der Waals surface area contributed by atoms with Crippen molar-refractivity contribution in [2.45, 2.75) is 0 Å². The predicted octanol–water partition coefficient (Wildman–Crippen LogP) is -0.622. The van der Waals surface area contributed by atoms with Gasteiger partial charge in [-0.25, -0.2) is 4.79 Å². The quantitative estimate of drug-likeness (QED) is 0.633. The van der Waals surface area contributed by atoms with Crippen LogP contribution in [0.3, 0.4) is 0 Å². The molecule has 2 heterocycles. The maximum Gasteiger partial charge on any atom is 0.331 e. The molecule has 2 rings (SSSR count). The largest absolute Gasteiger partial charge is 0.355 e. The zero-order valence-corrected chi connectivity index (χ0v) is 8.27. The van der Waals surface area contributed by atoms with Crippen LogP contribution in [0.4, 0.5) is 0 Å². The lowest BCUT2D eigenvalue weighted by Crippen LogP contribution is -2.37. The van der Waals surface area contributed by atoms with Crippen molar-refractivity contribution < 1.29 is 4.79 Å². The van der Waals surface area contributed by atoms with Crippen LogP contribution in [0.15, 0.2) is 15.8 Å². The molecule has 6 nitrogen and oxygen atoms in total. The summed E-state index contributed by atoms with van der Waals surface area (Å²) in [4.78, 5) is 36.6. The fraction of sp³-hybridized carbons (Fsp3) is 0.222. The molecule has 0 amide bonds. The monoisotopic (exact) mass is 207 g/mol. The van der Waals surface area contributed by atoms with Gasteiger partial charge < -0.3 is 4.98 Å². The number of rotatable bonds is 1. The molecule has 0 unspecified atom stereocenters. The van der Waals surface area contributed by atoms with E-state index in [4.69, 9.17) is 0 Å². The lowest BCUT2D eigenvalue weighted by Gasteiger charge is -2.03. The van der Waals surface area contributed by atoms with Gasteiger partial charge in [0.25, 0.3) is 5.56 Å². The molecule has 0 radical (unpaired) electrons. The Morgan fingerprint density at radius 2 is 1.93 bits per heavy atom. The van der Waals surface area contributed by atoms with Crippen molar-refractivity contribution >= 4 is 17.3 Å². The molecule has 78 valence electrons. The Kier molecular flexibility index (Phi) is 1.85. The summed E-state index contributed by atoms with van der Waals surface area (Å²) in [5, 5.41) is 0. The minimum absolute atomic E-state index is 0.265. The Bertz CT molecular complexity index is 660. The van der Waals surface area contributed by atoms with Gasteiger partial charge in [-0.05, 0) is 0 Å². The van der Waals surface area contributed by atoms with E-state index in [1.54, 1.807) is 0 Å². The number of aryl methyl sites for hydroxylation is 1. The summed E-state index contributed by atoms with van der Waals surface area (Å²) in [6.45, 7) is 0. The van der Waals surface area contributed by atoms with Gasteiger partial charge in [-0.2, -0.15) is 0 Å². The zero-order valence-electron chi connectivity index (χ0n) is 8.27. The number of aromatic nitrogens is 3. The molecular formula is C9H9N3O3. The van der Waals surface area contributed by atoms with E-state index < -0.39 is 11.2 Å². The van der Waals surface area contributed by atoms with Gasteiger partial charge in [0.15, 0.2) is 6.29 Å². The normalized spacial score (nSPS) is 10.8. The van der Waals surface area contributed by atoms with Crippen LogP contribution in [-0.4, -0.2) is 20.4 Å². The first-order valence-electron chi connectivity index (χ1n) is 4.30. The molecule has 0 aromatic carbocycles. The van der Waals surface area contributed by atoms with E-state index in [2.05, 4.69) is 4.98 Å². The first-order valence-corrected chi connectivity index (χ1v) is 4.30. The van der Waals surface area contributed by atoms with Crippen LogP contribution in [0, 0.1) is 0 Å². The number of carbonyl (C=O) groups excluding carboxylic acids is 1. The average Bonchev–Trinajstić information content (AvgIpc) is 2.67. The minimum atomic E-state index is -0.449. The topological polar surface area (TPSA) is 76.9 Å². The number of hydrogen-bond acceptors (Lipinski definition) is 3. The third kappa shape index (κ3) is 1.08. The van der Waals surface area contributed by atoms with Gasteiger partial charge >= 0.3 is 5.69 Å². The van der Waals surface area contributed by atoms with Crippen LogP contribution in [0.25, 0.3) is 11.0 Å². The smallest absolute Gasteiger partial charge is 0.331 e.